The van der Waals surface area contributed by atoms with Crippen LogP contribution in [0.2, 0.25) is 0 Å². The van der Waals surface area contributed by atoms with E-state index in [4.69, 9.17) is 29.0 Å². The smallest absolute Gasteiger partial charge is 0.416 e. The number of esters is 1. The molecule has 1 aliphatic heterocycles. The molecule has 10 nitrogen and oxygen atoms in total. The second-order valence-corrected chi connectivity index (χ2v) is 12.1. The number of nitrogens with zero attached hydrogens (tertiary/aromatic N) is 1. The lowest BCUT2D eigenvalue weighted by atomic mass is 9.83. The van der Waals surface area contributed by atoms with Crippen LogP contribution in [0.1, 0.15) is 68.4 Å². The normalized spacial score (nSPS) is 17.7. The maximum Gasteiger partial charge on any atom is 0.416 e. The van der Waals surface area contributed by atoms with E-state index in [1.165, 1.54) is 25.3 Å². The second-order valence-electron chi connectivity index (χ2n) is 12.1. The number of alkyl halides is 3. The van der Waals surface area contributed by atoms with Gasteiger partial charge in [-0.3, -0.25) is 15.0 Å². The Labute approximate surface area is 277 Å². The van der Waals surface area contributed by atoms with Gasteiger partial charge in [0.15, 0.2) is 11.6 Å². The van der Waals surface area contributed by atoms with E-state index in [-0.39, 0.29) is 37.5 Å². The molecule has 13 heteroatoms. The molecule has 3 aromatic carbocycles. The van der Waals surface area contributed by atoms with Gasteiger partial charge in [-0.1, -0.05) is 30.3 Å². The first-order valence-corrected chi connectivity index (χ1v) is 15.4. The predicted molar refractivity (Wildman–Crippen MR) is 171 cm³/mol. The fraction of sp³-hybridized carbons (Fsp3) is 0.400. The summed E-state index contributed by atoms with van der Waals surface area (Å²) in [5, 5.41) is 9.04. The molecule has 0 spiro atoms. The third-order valence-electron chi connectivity index (χ3n) is 7.36. The number of carbonyl (C=O) groups excluding carboxylic acids is 2. The van der Waals surface area contributed by atoms with Crippen molar-refractivity contribution in [3.05, 3.63) is 95.1 Å². The number of hydrogen-bond donors (Lipinski definition) is 3. The molecule has 0 aromatic heterocycles. The first-order chi connectivity index (χ1) is 22.8. The number of methoxy groups -OCH3 is 1. The first-order valence-electron chi connectivity index (χ1n) is 15.4. The van der Waals surface area contributed by atoms with Gasteiger partial charge in [0.1, 0.15) is 17.1 Å². The number of nitrogens with one attached hydrogen (secondary N) is 2. The topological polar surface area (TPSA) is 128 Å². The highest BCUT2D eigenvalue weighted by molar-refractivity contribution is 6.01. The molecule has 3 N–H and O–H groups in total. The van der Waals surface area contributed by atoms with E-state index >= 15 is 0 Å². The molecular formula is C35H40F3N3O7. The largest absolute Gasteiger partial charge is 0.497 e. The minimum atomic E-state index is -4.59. The second kappa shape index (κ2) is 15.5. The van der Waals surface area contributed by atoms with Gasteiger partial charge in [-0.2, -0.15) is 13.2 Å². The molecule has 1 heterocycles. The third kappa shape index (κ3) is 9.26. The monoisotopic (exact) mass is 671 g/mol. The first kappa shape index (κ1) is 36.2. The highest BCUT2D eigenvalue weighted by Gasteiger charge is 2.53. The van der Waals surface area contributed by atoms with Crippen molar-refractivity contribution in [2.24, 2.45) is 4.99 Å². The van der Waals surface area contributed by atoms with Crippen LogP contribution in [0, 0.1) is 0 Å². The van der Waals surface area contributed by atoms with Gasteiger partial charge >= 0.3 is 12.1 Å². The molecule has 1 amide bonds. The van der Waals surface area contributed by atoms with Gasteiger partial charge in [-0.05, 0) is 80.8 Å². The summed E-state index contributed by atoms with van der Waals surface area (Å²) in [6, 6.07) is 18.7. The fourth-order valence-electron chi connectivity index (χ4n) is 5.14. The van der Waals surface area contributed by atoms with Crippen molar-refractivity contribution in [1.82, 2.24) is 10.9 Å². The van der Waals surface area contributed by atoms with E-state index in [0.717, 1.165) is 6.07 Å². The lowest BCUT2D eigenvalue weighted by Crippen LogP contribution is -2.52. The molecule has 0 aliphatic carbocycles. The molecule has 0 fully saturated rings. The van der Waals surface area contributed by atoms with Crippen LogP contribution in [0.25, 0.3) is 0 Å². The fourth-order valence-corrected chi connectivity index (χ4v) is 5.14. The Hall–Kier alpha value is -4.62. The highest BCUT2D eigenvalue weighted by Crippen LogP contribution is 2.44. The number of rotatable bonds is 14. The summed E-state index contributed by atoms with van der Waals surface area (Å²) < 4.78 is 63.8. The number of halogens is 3. The van der Waals surface area contributed by atoms with Crippen LogP contribution in [0.15, 0.2) is 77.8 Å². The van der Waals surface area contributed by atoms with Gasteiger partial charge < -0.3 is 24.1 Å². The standard InChI is InChI=1S/C35H40F3N3O7/c1-33(2,3)48-29(43)17-18-34(32(44)41-39-22-25-9-5-6-12-28(25)35(36,37)38)30(24-10-7-11-27(21-24)45-4)47-31(40-34)23-13-15-26(16-14-23)46-20-8-19-42/h5-7,9-16,21,30,39,42H,8,17-20,22H2,1-4H3,(H,41,44)/t30-,34-/m0/s1. The molecular weight excluding hydrogens is 631 g/mol. The van der Waals surface area contributed by atoms with Gasteiger partial charge in [0.25, 0.3) is 5.91 Å². The van der Waals surface area contributed by atoms with E-state index < -0.39 is 40.9 Å². The zero-order valence-electron chi connectivity index (χ0n) is 27.2. The maximum atomic E-state index is 14.2. The number of ether oxygens (including phenoxy) is 4. The summed E-state index contributed by atoms with van der Waals surface area (Å²) in [5.74, 6) is -0.169. The van der Waals surface area contributed by atoms with E-state index in [1.54, 1.807) is 69.3 Å². The Kier molecular flexibility index (Phi) is 11.7. The number of aliphatic imine (C=N–C) groups is 1. The zero-order chi connectivity index (χ0) is 35.0. The van der Waals surface area contributed by atoms with Crippen molar-refractivity contribution >= 4 is 17.8 Å². The molecule has 48 heavy (non-hydrogen) atoms. The van der Waals surface area contributed by atoms with Crippen molar-refractivity contribution in [2.45, 2.75) is 70.0 Å². The van der Waals surface area contributed by atoms with Crippen molar-refractivity contribution in [2.75, 3.05) is 20.3 Å². The summed E-state index contributed by atoms with van der Waals surface area (Å²) in [6.07, 6.45) is -5.59. The Bertz CT molecular complexity index is 1590. The number of benzene rings is 3. The van der Waals surface area contributed by atoms with E-state index in [0.29, 0.717) is 35.7 Å². The highest BCUT2D eigenvalue weighted by atomic mass is 19.4. The molecule has 3 aromatic rings. The van der Waals surface area contributed by atoms with Gasteiger partial charge in [-0.15, -0.1) is 0 Å². The number of hydrogen-bond acceptors (Lipinski definition) is 9. The summed E-state index contributed by atoms with van der Waals surface area (Å²) >= 11 is 0. The average Bonchev–Trinajstić information content (AvgIpc) is 3.44. The van der Waals surface area contributed by atoms with Gasteiger partial charge in [-0.25, -0.2) is 10.4 Å². The zero-order valence-corrected chi connectivity index (χ0v) is 27.2. The Morgan fingerprint density at radius 1 is 1.00 bits per heavy atom. The minimum Gasteiger partial charge on any atom is -0.497 e. The Balaban J connectivity index is 1.72. The van der Waals surface area contributed by atoms with Crippen molar-refractivity contribution < 1.29 is 46.8 Å². The number of aliphatic hydroxyl groups excluding tert-OH is 1. The number of carbonyl (C=O) groups is 2. The molecule has 258 valence electrons. The van der Waals surface area contributed by atoms with Gasteiger partial charge in [0.2, 0.25) is 5.90 Å². The third-order valence-corrected chi connectivity index (χ3v) is 7.36. The molecule has 0 radical (unpaired) electrons. The summed E-state index contributed by atoms with van der Waals surface area (Å²) in [4.78, 5) is 32.0. The number of amides is 1. The quantitative estimate of drug-likeness (QED) is 0.114. The lowest BCUT2D eigenvalue weighted by molar-refractivity contribution is -0.155. The summed E-state index contributed by atoms with van der Waals surface area (Å²) in [7, 11) is 1.49. The van der Waals surface area contributed by atoms with Crippen LogP contribution < -0.4 is 20.3 Å². The van der Waals surface area contributed by atoms with E-state index in [2.05, 4.69) is 10.9 Å². The van der Waals surface area contributed by atoms with Crippen LogP contribution in [0.3, 0.4) is 0 Å². The SMILES string of the molecule is COc1cccc([C@@H]2OC(c3ccc(OCCCO)cc3)=N[C@]2(CCC(=O)OC(C)(C)C)C(=O)NNCc2ccccc2C(F)(F)F)c1. The average molecular weight is 672 g/mol. The summed E-state index contributed by atoms with van der Waals surface area (Å²) in [5.41, 5.74) is 2.71. The van der Waals surface area contributed by atoms with Gasteiger partial charge in [0.05, 0.1) is 19.3 Å². The Morgan fingerprint density at radius 3 is 2.40 bits per heavy atom. The van der Waals surface area contributed by atoms with Crippen LogP contribution >= 0.6 is 0 Å². The molecule has 0 saturated heterocycles. The van der Waals surface area contributed by atoms with E-state index in [1.807, 2.05) is 0 Å². The number of aliphatic hydroxyl groups is 1. The molecule has 1 aliphatic rings. The summed E-state index contributed by atoms with van der Waals surface area (Å²) in [6.45, 7) is 5.14. The maximum absolute atomic E-state index is 14.2. The molecule has 0 bridgehead atoms. The number of hydrazine groups is 1. The van der Waals surface area contributed by atoms with Crippen molar-refractivity contribution in [3.8, 4) is 11.5 Å². The molecule has 0 saturated carbocycles. The molecule has 4 rings (SSSR count). The van der Waals surface area contributed by atoms with Crippen LogP contribution in [-0.2, 0) is 31.8 Å². The molecule has 2 atom stereocenters. The van der Waals surface area contributed by atoms with Crippen LogP contribution in [0.4, 0.5) is 13.2 Å². The van der Waals surface area contributed by atoms with E-state index in [9.17, 15) is 22.8 Å². The van der Waals surface area contributed by atoms with Crippen LogP contribution in [-0.4, -0.2) is 54.3 Å². The minimum absolute atomic E-state index is 0.00840. The lowest BCUT2D eigenvalue weighted by Gasteiger charge is -2.31. The predicted octanol–water partition coefficient (Wildman–Crippen LogP) is 5.68. The Morgan fingerprint density at radius 2 is 1.73 bits per heavy atom. The van der Waals surface area contributed by atoms with Crippen molar-refractivity contribution in [1.29, 1.82) is 0 Å². The molecule has 0 unspecified atom stereocenters. The van der Waals surface area contributed by atoms with Gasteiger partial charge in [0, 0.05) is 31.6 Å². The van der Waals surface area contributed by atoms with Crippen LogP contribution in [0.5, 0.6) is 11.5 Å². The van der Waals surface area contributed by atoms with Crippen molar-refractivity contribution in [3.63, 3.8) is 0 Å².